The van der Waals surface area contributed by atoms with Crippen LogP contribution < -0.4 is 5.56 Å². The van der Waals surface area contributed by atoms with Crippen molar-refractivity contribution in [3.63, 3.8) is 0 Å². The lowest BCUT2D eigenvalue weighted by Gasteiger charge is -2.11. The van der Waals surface area contributed by atoms with Crippen LogP contribution >= 0.6 is 11.3 Å². The fourth-order valence-electron chi connectivity index (χ4n) is 2.91. The van der Waals surface area contributed by atoms with Gasteiger partial charge in [0.2, 0.25) is 0 Å². The molecular formula is C18H13NO3S. The van der Waals surface area contributed by atoms with Gasteiger partial charge in [-0.15, -0.1) is 11.3 Å². The molecule has 0 spiro atoms. The number of hydrogen-bond acceptors (Lipinski definition) is 4. The van der Waals surface area contributed by atoms with Crippen LogP contribution in [0, 0.1) is 0 Å². The molecule has 2 heterocycles. The van der Waals surface area contributed by atoms with Gasteiger partial charge in [-0.05, 0) is 34.7 Å². The van der Waals surface area contributed by atoms with Gasteiger partial charge in [0.1, 0.15) is 10.4 Å². The Morgan fingerprint density at radius 1 is 1.04 bits per heavy atom. The number of nitrogens with one attached hydrogen (secondary N) is 1. The minimum absolute atomic E-state index is 0.0239. The van der Waals surface area contributed by atoms with E-state index in [0.29, 0.717) is 15.8 Å². The van der Waals surface area contributed by atoms with Gasteiger partial charge in [-0.1, -0.05) is 24.3 Å². The van der Waals surface area contributed by atoms with E-state index in [1.54, 1.807) is 12.1 Å². The molecule has 0 radical (unpaired) electrons. The van der Waals surface area contributed by atoms with Crippen LogP contribution in [0.1, 0.15) is 5.56 Å². The number of fused-ring (bicyclic) bond motifs is 3. The van der Waals surface area contributed by atoms with Crippen LogP contribution in [0.15, 0.2) is 52.6 Å². The maximum atomic E-state index is 12.1. The van der Waals surface area contributed by atoms with E-state index >= 15 is 0 Å². The molecular weight excluding hydrogens is 310 g/mol. The molecule has 4 rings (SSSR count). The summed E-state index contributed by atoms with van der Waals surface area (Å²) in [6, 6.07) is 12.6. The minimum Gasteiger partial charge on any atom is -0.507 e. The van der Waals surface area contributed by atoms with Crippen molar-refractivity contribution in [2.75, 3.05) is 0 Å². The van der Waals surface area contributed by atoms with E-state index < -0.39 is 0 Å². The van der Waals surface area contributed by atoms with E-state index in [1.807, 2.05) is 35.7 Å². The van der Waals surface area contributed by atoms with E-state index in [2.05, 4.69) is 4.98 Å². The summed E-state index contributed by atoms with van der Waals surface area (Å²) in [5.41, 5.74) is 2.91. The number of hydrogen-bond donors (Lipinski definition) is 3. The zero-order chi connectivity index (χ0) is 16.0. The topological polar surface area (TPSA) is 73.3 Å². The molecule has 4 nitrogen and oxygen atoms in total. The highest BCUT2D eigenvalue weighted by Gasteiger charge is 2.15. The Kier molecular flexibility index (Phi) is 3.18. The van der Waals surface area contributed by atoms with Crippen molar-refractivity contribution in [3.05, 3.63) is 63.8 Å². The summed E-state index contributed by atoms with van der Waals surface area (Å²) in [5.74, 6) is 0.161. The smallest absolute Gasteiger partial charge is 0.266 e. The maximum absolute atomic E-state index is 12.1. The average Bonchev–Trinajstić information content (AvgIpc) is 3.06. The van der Waals surface area contributed by atoms with Gasteiger partial charge in [0.05, 0.1) is 6.61 Å². The third kappa shape index (κ3) is 2.13. The molecule has 0 atom stereocenters. The third-order valence-electron chi connectivity index (χ3n) is 4.00. The van der Waals surface area contributed by atoms with E-state index in [1.165, 1.54) is 11.3 Å². The number of phenolic OH excluding ortho intramolecular Hbond substituents is 1. The van der Waals surface area contributed by atoms with Crippen LogP contribution in [0.2, 0.25) is 0 Å². The summed E-state index contributed by atoms with van der Waals surface area (Å²) in [7, 11) is 0. The Labute approximate surface area is 135 Å². The van der Waals surface area contributed by atoms with Gasteiger partial charge in [0, 0.05) is 21.9 Å². The van der Waals surface area contributed by atoms with Gasteiger partial charge in [-0.2, -0.15) is 0 Å². The van der Waals surface area contributed by atoms with Crippen molar-refractivity contribution in [2.24, 2.45) is 0 Å². The monoisotopic (exact) mass is 323 g/mol. The summed E-state index contributed by atoms with van der Waals surface area (Å²) in [6.07, 6.45) is 0. The molecule has 0 fully saturated rings. The molecule has 0 aliphatic rings. The van der Waals surface area contributed by atoms with Gasteiger partial charge in [0.25, 0.3) is 5.56 Å². The first-order valence-electron chi connectivity index (χ1n) is 7.14. The second-order valence-corrected chi connectivity index (χ2v) is 6.27. The predicted octanol–water partition coefficient (Wildman–Crippen LogP) is 3.61. The first-order chi connectivity index (χ1) is 11.2. The quantitative estimate of drug-likeness (QED) is 0.527. The number of aromatic nitrogens is 1. The van der Waals surface area contributed by atoms with Crippen LogP contribution in [0.3, 0.4) is 0 Å². The third-order valence-corrected chi connectivity index (χ3v) is 4.91. The zero-order valence-electron chi connectivity index (χ0n) is 12.0. The zero-order valence-corrected chi connectivity index (χ0v) is 12.9. The Bertz CT molecular complexity index is 1080. The molecule has 3 N–H and O–H groups in total. The van der Waals surface area contributed by atoms with Crippen LogP contribution in [-0.2, 0) is 6.61 Å². The van der Waals surface area contributed by atoms with Crippen LogP contribution in [-0.4, -0.2) is 15.2 Å². The summed E-state index contributed by atoms with van der Waals surface area (Å²) in [4.78, 5) is 15.0. The number of H-pyrrole nitrogens is 1. The molecule has 0 aliphatic carbocycles. The first kappa shape index (κ1) is 14.0. The van der Waals surface area contributed by atoms with Crippen LogP contribution in [0.4, 0.5) is 0 Å². The molecule has 0 saturated carbocycles. The van der Waals surface area contributed by atoms with Gasteiger partial charge in [0.15, 0.2) is 0 Å². The van der Waals surface area contributed by atoms with E-state index in [9.17, 15) is 15.0 Å². The van der Waals surface area contributed by atoms with Gasteiger partial charge in [-0.25, -0.2) is 0 Å². The Morgan fingerprint density at radius 2 is 1.83 bits per heavy atom. The SMILES string of the molecule is O=c1[nH]c2ccc(O)c(-c3ccc(CO)cc3)c2c2ccsc12. The molecule has 114 valence electrons. The van der Waals surface area contributed by atoms with Crippen molar-refractivity contribution in [1.82, 2.24) is 4.98 Å². The molecule has 2 aromatic carbocycles. The van der Waals surface area contributed by atoms with Crippen molar-refractivity contribution >= 4 is 32.3 Å². The van der Waals surface area contributed by atoms with Gasteiger partial charge in [-0.3, -0.25) is 4.79 Å². The molecule has 0 bridgehead atoms. The fourth-order valence-corrected chi connectivity index (χ4v) is 3.70. The molecule has 5 heteroatoms. The summed E-state index contributed by atoms with van der Waals surface area (Å²) in [6.45, 7) is -0.0239. The number of aliphatic hydroxyl groups is 1. The second kappa shape index (κ2) is 5.22. The number of aromatic hydroxyl groups is 1. The number of benzene rings is 2. The predicted molar refractivity (Wildman–Crippen MR) is 93.0 cm³/mol. The molecule has 2 aromatic heterocycles. The molecule has 0 unspecified atom stereocenters. The van der Waals surface area contributed by atoms with Crippen LogP contribution in [0.25, 0.3) is 32.1 Å². The Morgan fingerprint density at radius 3 is 2.57 bits per heavy atom. The number of aliphatic hydroxyl groups excluding tert-OH is 1. The number of rotatable bonds is 2. The highest BCUT2D eigenvalue weighted by Crippen LogP contribution is 2.39. The average molecular weight is 323 g/mol. The normalized spacial score (nSPS) is 11.3. The molecule has 0 saturated heterocycles. The lowest BCUT2D eigenvalue weighted by atomic mass is 9.96. The standard InChI is InChI=1S/C18H13NO3S/c20-9-10-1-3-11(4-2-10)15-14(21)6-5-13-16(15)12-7-8-23-17(12)18(22)19-13/h1-8,20-21H,9H2,(H,19,22). The van der Waals surface area contributed by atoms with Crippen LogP contribution in [0.5, 0.6) is 5.75 Å². The first-order valence-corrected chi connectivity index (χ1v) is 8.02. The molecule has 0 aliphatic heterocycles. The summed E-state index contributed by atoms with van der Waals surface area (Å²) in [5, 5.41) is 23.1. The number of aromatic amines is 1. The number of phenols is 1. The highest BCUT2D eigenvalue weighted by molar-refractivity contribution is 7.17. The Balaban J connectivity index is 2.14. The largest absolute Gasteiger partial charge is 0.507 e. The number of thiophene rings is 1. The van der Waals surface area contributed by atoms with Crippen molar-refractivity contribution in [1.29, 1.82) is 0 Å². The van der Waals surface area contributed by atoms with E-state index in [-0.39, 0.29) is 17.9 Å². The fraction of sp³-hybridized carbons (Fsp3) is 0.0556. The van der Waals surface area contributed by atoms with E-state index in [4.69, 9.17) is 0 Å². The number of pyridine rings is 1. The lowest BCUT2D eigenvalue weighted by Crippen LogP contribution is -2.04. The Hall–Kier alpha value is -2.63. The minimum atomic E-state index is -0.116. The molecule has 0 amide bonds. The van der Waals surface area contributed by atoms with Gasteiger partial charge >= 0.3 is 0 Å². The molecule has 4 aromatic rings. The molecule has 23 heavy (non-hydrogen) atoms. The second-order valence-electron chi connectivity index (χ2n) is 5.35. The summed E-state index contributed by atoms with van der Waals surface area (Å²) >= 11 is 1.39. The highest BCUT2D eigenvalue weighted by atomic mass is 32.1. The van der Waals surface area contributed by atoms with Crippen molar-refractivity contribution in [2.45, 2.75) is 6.61 Å². The lowest BCUT2D eigenvalue weighted by molar-refractivity contribution is 0.282. The van der Waals surface area contributed by atoms with Crippen molar-refractivity contribution in [3.8, 4) is 16.9 Å². The maximum Gasteiger partial charge on any atom is 0.266 e. The van der Waals surface area contributed by atoms with Crippen molar-refractivity contribution < 1.29 is 10.2 Å². The summed E-state index contributed by atoms with van der Waals surface area (Å²) < 4.78 is 0.649. The van der Waals surface area contributed by atoms with E-state index in [0.717, 1.165) is 21.9 Å². The van der Waals surface area contributed by atoms with Gasteiger partial charge < -0.3 is 15.2 Å².